The average Bonchev–Trinajstić information content (AvgIpc) is 2.99. The third kappa shape index (κ3) is 5.52. The zero-order chi connectivity index (χ0) is 19.8. The molecule has 28 heavy (non-hydrogen) atoms. The maximum absolute atomic E-state index is 6.51. The number of imidazole rings is 1. The van der Waals surface area contributed by atoms with Gasteiger partial charge in [0.05, 0.1) is 13.1 Å². The Morgan fingerprint density at radius 2 is 1.57 bits per heavy atom. The van der Waals surface area contributed by atoms with Gasteiger partial charge < -0.3 is 0 Å². The second-order valence-corrected chi connectivity index (χ2v) is 8.31. The molecule has 0 spiro atoms. The fraction of sp³-hybridized carbons (Fsp3) is 0.458. The first-order chi connectivity index (χ1) is 13.7. The van der Waals surface area contributed by atoms with Crippen LogP contribution in [0, 0.1) is 0 Å². The predicted molar refractivity (Wildman–Crippen MR) is 120 cm³/mol. The van der Waals surface area contributed by atoms with Gasteiger partial charge >= 0.3 is 0 Å². The molecule has 0 saturated carbocycles. The zero-order valence-corrected chi connectivity index (χ0v) is 18.4. The molecule has 1 aromatic heterocycles. The highest BCUT2D eigenvalue weighted by Crippen LogP contribution is 2.22. The molecule has 0 aliphatic rings. The molecule has 3 rings (SSSR count). The Morgan fingerprint density at radius 1 is 0.857 bits per heavy atom. The quantitative estimate of drug-likeness (QED) is 0.229. The third-order valence-corrected chi connectivity index (χ3v) is 6.35. The van der Waals surface area contributed by atoms with Gasteiger partial charge in [-0.15, -0.1) is 0 Å². The largest absolute Gasteiger partial charge is 0.255 e. The lowest BCUT2D eigenvalue weighted by molar-refractivity contribution is -0.694. The van der Waals surface area contributed by atoms with Gasteiger partial charge in [-0.25, -0.2) is 9.13 Å². The van der Waals surface area contributed by atoms with Crippen molar-refractivity contribution in [3.8, 4) is 0 Å². The third-order valence-electron chi connectivity index (χ3n) is 5.46. The SMILES string of the molecule is CCCCCCCCC[n+]1cn(CCc2cccc3ccccc23)c(Cl)c1Cl. The van der Waals surface area contributed by atoms with E-state index in [0.717, 1.165) is 25.9 Å². The second kappa shape index (κ2) is 10.9. The molecule has 2 aromatic carbocycles. The van der Waals surface area contributed by atoms with Crippen molar-refractivity contribution in [2.24, 2.45) is 0 Å². The Morgan fingerprint density at radius 3 is 2.39 bits per heavy atom. The summed E-state index contributed by atoms with van der Waals surface area (Å²) < 4.78 is 4.17. The van der Waals surface area contributed by atoms with Crippen LogP contribution in [-0.2, 0) is 19.5 Å². The van der Waals surface area contributed by atoms with Crippen molar-refractivity contribution in [2.45, 2.75) is 71.4 Å². The summed E-state index contributed by atoms with van der Waals surface area (Å²) in [6, 6.07) is 15.0. The summed E-state index contributed by atoms with van der Waals surface area (Å²) in [6.45, 7) is 4.03. The van der Waals surface area contributed by atoms with Crippen LogP contribution in [0.5, 0.6) is 0 Å². The maximum Gasteiger partial charge on any atom is 0.255 e. The van der Waals surface area contributed by atoms with Crippen molar-refractivity contribution in [3.05, 3.63) is 64.7 Å². The molecule has 0 amide bonds. The molecule has 0 bridgehead atoms. The topological polar surface area (TPSA) is 8.81 Å². The highest BCUT2D eigenvalue weighted by atomic mass is 35.5. The Balaban J connectivity index is 1.55. The number of hydrogen-bond donors (Lipinski definition) is 0. The van der Waals surface area contributed by atoms with E-state index in [-0.39, 0.29) is 0 Å². The minimum Gasteiger partial charge on any atom is -0.219 e. The van der Waals surface area contributed by atoms with Crippen molar-refractivity contribution >= 4 is 34.0 Å². The average molecular weight is 418 g/mol. The van der Waals surface area contributed by atoms with E-state index < -0.39 is 0 Å². The van der Waals surface area contributed by atoms with Crippen molar-refractivity contribution in [2.75, 3.05) is 0 Å². The molecule has 2 nitrogen and oxygen atoms in total. The lowest BCUT2D eigenvalue weighted by Crippen LogP contribution is -2.32. The van der Waals surface area contributed by atoms with Gasteiger partial charge in [0.25, 0.3) is 10.3 Å². The number of aromatic nitrogens is 2. The fourth-order valence-corrected chi connectivity index (χ4v) is 4.28. The highest BCUT2D eigenvalue weighted by Gasteiger charge is 2.19. The van der Waals surface area contributed by atoms with Crippen LogP contribution in [0.1, 0.15) is 57.4 Å². The lowest BCUT2D eigenvalue weighted by atomic mass is 10.0. The molecule has 0 radical (unpaired) electrons. The first kappa shape index (κ1) is 21.2. The molecular weight excluding hydrogens is 387 g/mol. The van der Waals surface area contributed by atoms with E-state index in [0.29, 0.717) is 10.3 Å². The lowest BCUT2D eigenvalue weighted by Gasteiger charge is -2.05. The molecule has 0 aliphatic heterocycles. The molecule has 1 heterocycles. The standard InChI is InChI=1S/C24H31Cl2N2/c1-2-3-4-5-6-7-10-17-27-19-28(24(26)23(27)25)18-16-21-14-11-13-20-12-8-9-15-22(20)21/h8-9,11-15,19H,2-7,10,16-18H2,1H3/q+1. The molecule has 0 atom stereocenters. The summed E-state index contributed by atoms with van der Waals surface area (Å²) in [5.41, 5.74) is 1.35. The van der Waals surface area contributed by atoms with E-state index in [1.54, 1.807) is 0 Å². The van der Waals surface area contributed by atoms with Crippen LogP contribution in [0.2, 0.25) is 10.3 Å². The summed E-state index contributed by atoms with van der Waals surface area (Å²) in [7, 11) is 0. The number of aryl methyl sites for hydroxylation is 3. The van der Waals surface area contributed by atoms with Crippen molar-refractivity contribution in [1.29, 1.82) is 0 Å². The molecule has 0 N–H and O–H groups in total. The number of unbranched alkanes of at least 4 members (excludes halogenated alkanes) is 6. The molecular formula is C24H31Cl2N2+. The van der Waals surface area contributed by atoms with Gasteiger partial charge in [-0.05, 0) is 52.4 Å². The maximum atomic E-state index is 6.51. The summed E-state index contributed by atoms with van der Waals surface area (Å²) in [5.74, 6) is 0. The number of rotatable bonds is 11. The number of fused-ring (bicyclic) bond motifs is 1. The van der Waals surface area contributed by atoms with Crippen molar-refractivity contribution in [1.82, 2.24) is 4.57 Å². The van der Waals surface area contributed by atoms with Crippen LogP contribution in [0.3, 0.4) is 0 Å². The van der Waals surface area contributed by atoms with Gasteiger partial charge in [0.2, 0.25) is 6.33 Å². The smallest absolute Gasteiger partial charge is 0.219 e. The normalized spacial score (nSPS) is 11.4. The van der Waals surface area contributed by atoms with Gasteiger partial charge in [-0.2, -0.15) is 0 Å². The number of nitrogens with zero attached hydrogens (tertiary/aromatic N) is 2. The van der Waals surface area contributed by atoms with Crippen molar-refractivity contribution in [3.63, 3.8) is 0 Å². The first-order valence-electron chi connectivity index (χ1n) is 10.6. The van der Waals surface area contributed by atoms with Gasteiger partial charge in [0.1, 0.15) is 0 Å². The summed E-state index contributed by atoms with van der Waals surface area (Å²) >= 11 is 13.0. The van der Waals surface area contributed by atoms with Gasteiger partial charge in [-0.1, -0.05) is 81.5 Å². The van der Waals surface area contributed by atoms with Gasteiger partial charge in [0, 0.05) is 6.42 Å². The monoisotopic (exact) mass is 417 g/mol. The second-order valence-electron chi connectivity index (χ2n) is 7.59. The zero-order valence-electron chi connectivity index (χ0n) is 16.8. The predicted octanol–water partition coefficient (Wildman–Crippen LogP) is 7.23. The number of benzene rings is 2. The van der Waals surface area contributed by atoms with E-state index in [2.05, 4.69) is 64.8 Å². The van der Waals surface area contributed by atoms with E-state index in [1.165, 1.54) is 54.9 Å². The Hall–Kier alpha value is -1.51. The molecule has 0 fully saturated rings. The van der Waals surface area contributed by atoms with Crippen LogP contribution >= 0.6 is 23.2 Å². The minimum atomic E-state index is 0.643. The minimum absolute atomic E-state index is 0.643. The fourth-order valence-electron chi connectivity index (χ4n) is 3.81. The summed E-state index contributed by atoms with van der Waals surface area (Å²) in [4.78, 5) is 0. The number of halogens is 2. The van der Waals surface area contributed by atoms with Crippen LogP contribution in [0.4, 0.5) is 0 Å². The highest BCUT2D eigenvalue weighted by molar-refractivity contribution is 6.39. The van der Waals surface area contributed by atoms with E-state index in [4.69, 9.17) is 23.2 Å². The first-order valence-corrected chi connectivity index (χ1v) is 11.4. The Bertz CT molecular complexity index is 880. The van der Waals surface area contributed by atoms with Crippen LogP contribution < -0.4 is 4.57 Å². The van der Waals surface area contributed by atoms with E-state index >= 15 is 0 Å². The summed E-state index contributed by atoms with van der Waals surface area (Å²) in [5, 5.41) is 3.90. The molecule has 0 unspecified atom stereocenters. The van der Waals surface area contributed by atoms with Gasteiger partial charge in [-0.3, -0.25) is 0 Å². The number of hydrogen-bond acceptors (Lipinski definition) is 0. The van der Waals surface area contributed by atoms with Crippen LogP contribution in [0.15, 0.2) is 48.8 Å². The molecule has 150 valence electrons. The molecule has 0 saturated heterocycles. The summed E-state index contributed by atoms with van der Waals surface area (Å²) in [6.07, 6.45) is 12.1. The molecule has 4 heteroatoms. The van der Waals surface area contributed by atoms with Crippen molar-refractivity contribution < 1.29 is 4.57 Å². The molecule has 0 aliphatic carbocycles. The van der Waals surface area contributed by atoms with E-state index in [9.17, 15) is 0 Å². The Labute approximate surface area is 179 Å². The van der Waals surface area contributed by atoms with E-state index in [1.807, 2.05) is 0 Å². The van der Waals surface area contributed by atoms with Gasteiger partial charge in [0.15, 0.2) is 0 Å². The van der Waals surface area contributed by atoms with Crippen LogP contribution in [0.25, 0.3) is 10.8 Å². The van der Waals surface area contributed by atoms with Crippen LogP contribution in [-0.4, -0.2) is 4.57 Å². The Kier molecular flexibility index (Phi) is 8.24. The molecule has 3 aromatic rings.